The van der Waals surface area contributed by atoms with Gasteiger partial charge in [-0.25, -0.2) is 9.18 Å². The zero-order valence-electron chi connectivity index (χ0n) is 19.6. The molecule has 0 aliphatic heterocycles. The van der Waals surface area contributed by atoms with E-state index in [1.807, 2.05) is 6.92 Å². The third kappa shape index (κ3) is 7.23. The Morgan fingerprint density at radius 3 is 2.50 bits per heavy atom. The molecule has 0 radical (unpaired) electrons. The van der Waals surface area contributed by atoms with Gasteiger partial charge in [-0.15, -0.1) is 0 Å². The summed E-state index contributed by atoms with van der Waals surface area (Å²) in [6.45, 7) is 3.15. The number of Topliss-reactive ketones (excluding diaryl/α,β-unsaturated/α-hetero) is 1. The largest absolute Gasteiger partial charge is 0.487 e. The number of oxime groups is 1. The summed E-state index contributed by atoms with van der Waals surface area (Å²) in [5, 5.41) is 19.9. The van der Waals surface area contributed by atoms with Gasteiger partial charge >= 0.3 is 5.97 Å². The van der Waals surface area contributed by atoms with Crippen LogP contribution in [0.4, 0.5) is 4.39 Å². The number of ether oxygens (including phenoxy) is 1. The third-order valence-electron chi connectivity index (χ3n) is 4.69. The Kier molecular flexibility index (Phi) is 8.87. The lowest BCUT2D eigenvalue weighted by Gasteiger charge is -2.10. The standard InChI is InChI=1S/C25H24FN3O7/c1-3-8-35-28-22(23-12-21(29-36-23)16-4-6-19(26)7-5-16)14-34-20-10-17(9-18(11-20)25(32)33)24(31)27-13-15(2)30/h4-7,9-12H,3,8,13-14H2,1-2H3,(H,27,31)(H,32,33). The first-order valence-corrected chi connectivity index (χ1v) is 11.0. The quantitative estimate of drug-likeness (QED) is 0.219. The number of hydrogen-bond donors (Lipinski definition) is 2. The highest BCUT2D eigenvalue weighted by Crippen LogP contribution is 2.22. The molecule has 0 saturated heterocycles. The normalized spacial score (nSPS) is 11.1. The summed E-state index contributed by atoms with van der Waals surface area (Å²) in [5.41, 5.74) is 1.10. The second kappa shape index (κ2) is 12.2. The van der Waals surface area contributed by atoms with Gasteiger partial charge in [0.1, 0.15) is 36.3 Å². The van der Waals surface area contributed by atoms with Crippen molar-refractivity contribution in [2.45, 2.75) is 20.3 Å². The maximum atomic E-state index is 13.2. The molecule has 0 atom stereocenters. The zero-order chi connectivity index (χ0) is 26.1. The first-order chi connectivity index (χ1) is 17.3. The van der Waals surface area contributed by atoms with E-state index >= 15 is 0 Å². The molecule has 1 amide bonds. The minimum absolute atomic E-state index is 0.00475. The van der Waals surface area contributed by atoms with Crippen molar-refractivity contribution in [1.29, 1.82) is 0 Å². The number of aromatic nitrogens is 1. The Labute approximate surface area is 205 Å². The zero-order valence-corrected chi connectivity index (χ0v) is 19.6. The fourth-order valence-corrected chi connectivity index (χ4v) is 2.92. The van der Waals surface area contributed by atoms with Crippen molar-refractivity contribution in [1.82, 2.24) is 10.5 Å². The average Bonchev–Trinajstić information content (AvgIpc) is 3.35. The van der Waals surface area contributed by atoms with E-state index in [2.05, 4.69) is 15.6 Å². The SMILES string of the molecule is CCCON=C(COc1cc(C(=O)O)cc(C(=O)NCC(C)=O)c1)c1cc(-c2ccc(F)cc2)no1. The monoisotopic (exact) mass is 497 g/mol. The molecule has 0 spiro atoms. The van der Waals surface area contributed by atoms with E-state index < -0.39 is 11.9 Å². The van der Waals surface area contributed by atoms with Crippen molar-refractivity contribution in [3.05, 3.63) is 71.2 Å². The first-order valence-electron chi connectivity index (χ1n) is 11.0. The molecule has 11 heteroatoms. The molecule has 1 heterocycles. The molecule has 0 aliphatic carbocycles. The summed E-state index contributed by atoms with van der Waals surface area (Å²) in [6, 6.07) is 11.0. The lowest BCUT2D eigenvalue weighted by atomic mass is 10.1. The van der Waals surface area contributed by atoms with Gasteiger partial charge in [0.2, 0.25) is 0 Å². The lowest BCUT2D eigenvalue weighted by molar-refractivity contribution is -0.116. The molecule has 0 aliphatic rings. The molecule has 2 aromatic carbocycles. The van der Waals surface area contributed by atoms with E-state index in [1.54, 1.807) is 18.2 Å². The molecule has 3 aromatic rings. The van der Waals surface area contributed by atoms with Crippen LogP contribution in [-0.4, -0.2) is 53.4 Å². The number of ketones is 1. The maximum Gasteiger partial charge on any atom is 0.335 e. The summed E-state index contributed by atoms with van der Waals surface area (Å²) in [4.78, 5) is 40.4. The second-order valence-electron chi connectivity index (χ2n) is 7.68. The minimum Gasteiger partial charge on any atom is -0.487 e. The van der Waals surface area contributed by atoms with Crippen molar-refractivity contribution in [3.63, 3.8) is 0 Å². The number of halogens is 1. The second-order valence-corrected chi connectivity index (χ2v) is 7.68. The number of aromatic carboxylic acids is 1. The third-order valence-corrected chi connectivity index (χ3v) is 4.69. The van der Waals surface area contributed by atoms with Crippen LogP contribution in [0.3, 0.4) is 0 Å². The highest BCUT2D eigenvalue weighted by Gasteiger charge is 2.17. The number of hydrogen-bond acceptors (Lipinski definition) is 8. The molecule has 1 aromatic heterocycles. The summed E-state index contributed by atoms with van der Waals surface area (Å²) < 4.78 is 24.3. The van der Waals surface area contributed by atoms with Crippen LogP contribution in [0, 0.1) is 5.82 Å². The van der Waals surface area contributed by atoms with Gasteiger partial charge in [0, 0.05) is 17.2 Å². The molecular weight excluding hydrogens is 473 g/mol. The molecule has 10 nitrogen and oxygen atoms in total. The van der Waals surface area contributed by atoms with Crippen molar-refractivity contribution < 1.29 is 38.0 Å². The highest BCUT2D eigenvalue weighted by molar-refractivity contribution is 6.01. The number of rotatable bonds is 12. The van der Waals surface area contributed by atoms with Gasteiger partial charge in [0.15, 0.2) is 11.5 Å². The number of carboxylic acids is 1. The molecule has 2 N–H and O–H groups in total. The molecule has 188 valence electrons. The average molecular weight is 497 g/mol. The molecule has 36 heavy (non-hydrogen) atoms. The Morgan fingerprint density at radius 2 is 1.83 bits per heavy atom. The number of nitrogens with one attached hydrogen (secondary N) is 1. The number of carbonyl (C=O) groups excluding carboxylic acids is 2. The summed E-state index contributed by atoms with van der Waals surface area (Å²) in [6.07, 6.45) is 0.703. The van der Waals surface area contributed by atoms with Crippen LogP contribution in [-0.2, 0) is 9.63 Å². The van der Waals surface area contributed by atoms with Gasteiger partial charge in [-0.1, -0.05) is 17.2 Å². The van der Waals surface area contributed by atoms with Gasteiger partial charge in [-0.2, -0.15) is 0 Å². The number of carbonyl (C=O) groups is 3. The molecule has 0 unspecified atom stereocenters. The topological polar surface area (TPSA) is 140 Å². The fourth-order valence-electron chi connectivity index (χ4n) is 2.92. The number of carboxylic acid groups (broad SMARTS) is 1. The van der Waals surface area contributed by atoms with Crippen LogP contribution >= 0.6 is 0 Å². The molecule has 0 bridgehead atoms. The summed E-state index contributed by atoms with van der Waals surface area (Å²) in [7, 11) is 0. The van der Waals surface area contributed by atoms with Gasteiger partial charge in [-0.05, 0) is 55.8 Å². The minimum atomic E-state index is -1.26. The number of nitrogens with zero attached hydrogens (tertiary/aromatic N) is 2. The van der Waals surface area contributed by atoms with Gasteiger partial charge in [0.25, 0.3) is 5.91 Å². The van der Waals surface area contributed by atoms with Crippen LogP contribution in [0.2, 0.25) is 0 Å². The van der Waals surface area contributed by atoms with Gasteiger partial charge < -0.3 is 24.5 Å². The van der Waals surface area contributed by atoms with E-state index in [-0.39, 0.29) is 53.1 Å². The Hall–Kier alpha value is -4.54. The predicted molar refractivity (Wildman–Crippen MR) is 127 cm³/mol. The first kappa shape index (κ1) is 26.1. The van der Waals surface area contributed by atoms with E-state index in [9.17, 15) is 23.9 Å². The maximum absolute atomic E-state index is 13.2. The van der Waals surface area contributed by atoms with Crippen LogP contribution in [0.5, 0.6) is 5.75 Å². The fraction of sp³-hybridized carbons (Fsp3) is 0.240. The molecule has 3 rings (SSSR count). The summed E-state index contributed by atoms with van der Waals surface area (Å²) >= 11 is 0. The van der Waals surface area contributed by atoms with E-state index in [1.165, 1.54) is 37.3 Å². The van der Waals surface area contributed by atoms with E-state index in [4.69, 9.17) is 14.1 Å². The molecular formula is C25H24FN3O7. The van der Waals surface area contributed by atoms with Gasteiger partial charge in [-0.3, -0.25) is 9.59 Å². The Morgan fingerprint density at radius 1 is 1.11 bits per heavy atom. The Balaban J connectivity index is 1.84. The number of amides is 1. The smallest absolute Gasteiger partial charge is 0.335 e. The lowest BCUT2D eigenvalue weighted by Crippen LogP contribution is -2.28. The van der Waals surface area contributed by atoms with Crippen LogP contribution < -0.4 is 10.1 Å². The van der Waals surface area contributed by atoms with Gasteiger partial charge in [0.05, 0.1) is 12.1 Å². The Bertz CT molecular complexity index is 1270. The molecule has 0 fully saturated rings. The van der Waals surface area contributed by atoms with Crippen molar-refractivity contribution >= 4 is 23.4 Å². The molecule has 0 saturated carbocycles. The van der Waals surface area contributed by atoms with Crippen molar-refractivity contribution in [2.24, 2.45) is 5.16 Å². The highest BCUT2D eigenvalue weighted by atomic mass is 19.1. The van der Waals surface area contributed by atoms with E-state index in [0.717, 1.165) is 0 Å². The van der Waals surface area contributed by atoms with Crippen LogP contribution in [0.1, 0.15) is 46.7 Å². The van der Waals surface area contributed by atoms with Crippen LogP contribution in [0.15, 0.2) is 58.2 Å². The predicted octanol–water partition coefficient (Wildman–Crippen LogP) is 3.71. The van der Waals surface area contributed by atoms with Crippen molar-refractivity contribution in [2.75, 3.05) is 19.8 Å². The number of benzene rings is 2. The summed E-state index contributed by atoms with van der Waals surface area (Å²) in [5.74, 6) is -2.24. The van der Waals surface area contributed by atoms with Crippen LogP contribution in [0.25, 0.3) is 11.3 Å². The van der Waals surface area contributed by atoms with E-state index in [0.29, 0.717) is 24.3 Å². The van der Waals surface area contributed by atoms with Crippen molar-refractivity contribution in [3.8, 4) is 17.0 Å².